The van der Waals surface area contributed by atoms with Crippen molar-refractivity contribution in [2.24, 2.45) is 5.92 Å². The van der Waals surface area contributed by atoms with Crippen LogP contribution in [0.1, 0.15) is 51.6 Å². The first kappa shape index (κ1) is 23.3. The highest BCUT2D eigenvalue weighted by Gasteiger charge is 2.19. The Morgan fingerprint density at radius 2 is 1.97 bits per heavy atom. The van der Waals surface area contributed by atoms with E-state index in [2.05, 4.69) is 39.4 Å². The number of aliphatic hydroxyl groups excluding tert-OH is 1. The minimum Gasteiger partial charge on any atom is -0.454 e. The third kappa shape index (κ3) is 6.08. The molecule has 0 radical (unpaired) electrons. The molecular formula is C23H32ClN5O2. The zero-order chi connectivity index (χ0) is 22.2. The SMILES string of the molecule is CCCCCNc1nc(Cl)c(-c2cc3cc(C)ncc3o2)c(NCCC(CC)CO)n1. The number of aryl methyl sites for hydroxylation is 1. The number of nitrogens with zero attached hydrogens (tertiary/aromatic N) is 3. The number of halogens is 1. The van der Waals surface area contributed by atoms with Crippen LogP contribution in [0.3, 0.4) is 0 Å². The number of aliphatic hydroxyl groups is 1. The second-order valence-electron chi connectivity index (χ2n) is 7.84. The van der Waals surface area contributed by atoms with Crippen LogP contribution in [-0.2, 0) is 0 Å². The Kier molecular flexibility index (Phi) is 8.49. The Morgan fingerprint density at radius 3 is 2.71 bits per heavy atom. The molecule has 0 fully saturated rings. The Balaban J connectivity index is 1.90. The summed E-state index contributed by atoms with van der Waals surface area (Å²) in [6, 6.07) is 3.91. The lowest BCUT2D eigenvalue weighted by molar-refractivity contribution is 0.217. The molecule has 1 atom stereocenters. The van der Waals surface area contributed by atoms with Crippen LogP contribution in [0.25, 0.3) is 22.3 Å². The van der Waals surface area contributed by atoms with Crippen molar-refractivity contribution in [3.05, 3.63) is 29.2 Å². The Hall–Kier alpha value is -2.38. The number of fused-ring (bicyclic) bond motifs is 1. The summed E-state index contributed by atoms with van der Waals surface area (Å²) in [5, 5.41) is 17.4. The second kappa shape index (κ2) is 11.3. The van der Waals surface area contributed by atoms with Crippen LogP contribution in [0.15, 0.2) is 22.7 Å². The van der Waals surface area contributed by atoms with Gasteiger partial charge in [-0.3, -0.25) is 4.98 Å². The molecule has 0 aliphatic carbocycles. The predicted octanol–water partition coefficient (Wildman–Crippen LogP) is 5.67. The molecule has 168 valence electrons. The zero-order valence-electron chi connectivity index (χ0n) is 18.5. The Bertz CT molecular complexity index is 988. The van der Waals surface area contributed by atoms with E-state index >= 15 is 0 Å². The molecule has 3 heterocycles. The van der Waals surface area contributed by atoms with Crippen LogP contribution in [0, 0.1) is 12.8 Å². The van der Waals surface area contributed by atoms with Crippen molar-refractivity contribution in [1.29, 1.82) is 0 Å². The van der Waals surface area contributed by atoms with E-state index in [1.807, 2.05) is 19.1 Å². The second-order valence-corrected chi connectivity index (χ2v) is 8.20. The summed E-state index contributed by atoms with van der Waals surface area (Å²) >= 11 is 6.62. The topological polar surface area (TPSA) is 96.1 Å². The fourth-order valence-corrected chi connectivity index (χ4v) is 3.69. The van der Waals surface area contributed by atoms with Gasteiger partial charge in [-0.25, -0.2) is 4.98 Å². The van der Waals surface area contributed by atoms with Crippen LogP contribution in [-0.4, -0.2) is 39.8 Å². The summed E-state index contributed by atoms with van der Waals surface area (Å²) in [5.74, 6) is 1.96. The number of rotatable bonds is 12. The van der Waals surface area contributed by atoms with Gasteiger partial charge in [0.05, 0.1) is 11.8 Å². The highest BCUT2D eigenvalue weighted by atomic mass is 35.5. The van der Waals surface area contributed by atoms with E-state index in [1.165, 1.54) is 0 Å². The van der Waals surface area contributed by atoms with Gasteiger partial charge in [0.2, 0.25) is 5.95 Å². The lowest BCUT2D eigenvalue weighted by atomic mass is 10.0. The Labute approximate surface area is 188 Å². The van der Waals surface area contributed by atoms with Gasteiger partial charge in [-0.2, -0.15) is 4.98 Å². The molecule has 0 aliphatic heterocycles. The van der Waals surface area contributed by atoms with Gasteiger partial charge >= 0.3 is 0 Å². The van der Waals surface area contributed by atoms with Crippen molar-refractivity contribution in [3.8, 4) is 11.3 Å². The molecule has 0 saturated heterocycles. The van der Waals surface area contributed by atoms with E-state index in [4.69, 9.17) is 16.0 Å². The number of pyridine rings is 1. The summed E-state index contributed by atoms with van der Waals surface area (Å²) in [7, 11) is 0. The summed E-state index contributed by atoms with van der Waals surface area (Å²) < 4.78 is 6.03. The largest absolute Gasteiger partial charge is 0.454 e. The molecule has 3 N–H and O–H groups in total. The first-order valence-electron chi connectivity index (χ1n) is 11.1. The van der Waals surface area contributed by atoms with Gasteiger partial charge in [-0.15, -0.1) is 0 Å². The normalized spacial score (nSPS) is 12.3. The van der Waals surface area contributed by atoms with Gasteiger partial charge in [-0.05, 0) is 37.8 Å². The number of furan rings is 1. The third-order valence-corrected chi connectivity index (χ3v) is 5.67. The number of hydrogen-bond acceptors (Lipinski definition) is 7. The summed E-state index contributed by atoms with van der Waals surface area (Å²) in [6.07, 6.45) is 6.82. The quantitative estimate of drug-likeness (QED) is 0.244. The molecule has 8 heteroatoms. The van der Waals surface area contributed by atoms with Gasteiger partial charge in [0, 0.05) is 30.8 Å². The Morgan fingerprint density at radius 1 is 1.13 bits per heavy atom. The van der Waals surface area contributed by atoms with Gasteiger partial charge in [0.25, 0.3) is 0 Å². The third-order valence-electron chi connectivity index (χ3n) is 5.40. The fourth-order valence-electron chi connectivity index (χ4n) is 3.43. The highest BCUT2D eigenvalue weighted by molar-refractivity contribution is 6.32. The van der Waals surface area contributed by atoms with E-state index in [9.17, 15) is 5.11 Å². The molecule has 7 nitrogen and oxygen atoms in total. The molecule has 0 spiro atoms. The van der Waals surface area contributed by atoms with Crippen LogP contribution in [0.2, 0.25) is 5.15 Å². The molecule has 0 bridgehead atoms. The van der Waals surface area contributed by atoms with Gasteiger partial charge in [-0.1, -0.05) is 44.7 Å². The van der Waals surface area contributed by atoms with Gasteiger partial charge in [0.1, 0.15) is 16.7 Å². The first-order valence-corrected chi connectivity index (χ1v) is 11.5. The van der Waals surface area contributed by atoms with Crippen molar-refractivity contribution in [2.45, 2.75) is 52.9 Å². The standard InChI is InChI=1S/C23H32ClN5O2/c1-4-6-7-9-26-23-28-21(24)20(22(29-23)25-10-8-16(5-2)14-30)18-12-17-11-15(3)27-13-19(17)31-18/h11-13,16,30H,4-10,14H2,1-3H3,(H2,25,26,28,29). The van der Waals surface area contributed by atoms with Crippen molar-refractivity contribution in [1.82, 2.24) is 15.0 Å². The van der Waals surface area contributed by atoms with E-state index < -0.39 is 0 Å². The average molecular weight is 446 g/mol. The van der Waals surface area contributed by atoms with Gasteiger partial charge < -0.3 is 20.2 Å². The maximum atomic E-state index is 9.48. The molecule has 0 saturated carbocycles. The maximum absolute atomic E-state index is 9.48. The zero-order valence-corrected chi connectivity index (χ0v) is 19.3. The smallest absolute Gasteiger partial charge is 0.226 e. The number of nitrogens with one attached hydrogen (secondary N) is 2. The number of unbranched alkanes of at least 4 members (excludes halogenated alkanes) is 2. The average Bonchev–Trinajstić information content (AvgIpc) is 3.16. The van der Waals surface area contributed by atoms with Crippen LogP contribution in [0.5, 0.6) is 0 Å². The van der Waals surface area contributed by atoms with Crippen LogP contribution < -0.4 is 10.6 Å². The van der Waals surface area contributed by atoms with E-state index in [0.29, 0.717) is 40.4 Å². The molecule has 31 heavy (non-hydrogen) atoms. The minimum absolute atomic E-state index is 0.176. The van der Waals surface area contributed by atoms with Crippen LogP contribution >= 0.6 is 11.6 Å². The number of aromatic nitrogens is 3. The molecule has 0 aromatic carbocycles. The molecule has 3 aromatic rings. The summed E-state index contributed by atoms with van der Waals surface area (Å²) in [6.45, 7) is 7.83. The molecule has 0 amide bonds. The number of hydrogen-bond donors (Lipinski definition) is 3. The van der Waals surface area contributed by atoms with Gasteiger partial charge in [0.15, 0.2) is 5.58 Å². The molecule has 3 rings (SSSR count). The van der Waals surface area contributed by atoms with E-state index in [0.717, 1.165) is 49.7 Å². The number of anilines is 2. The molecule has 3 aromatic heterocycles. The van der Waals surface area contributed by atoms with Crippen molar-refractivity contribution in [3.63, 3.8) is 0 Å². The lowest BCUT2D eigenvalue weighted by Gasteiger charge is -2.15. The maximum Gasteiger partial charge on any atom is 0.226 e. The monoisotopic (exact) mass is 445 g/mol. The summed E-state index contributed by atoms with van der Waals surface area (Å²) in [4.78, 5) is 13.4. The fraction of sp³-hybridized carbons (Fsp3) is 0.522. The lowest BCUT2D eigenvalue weighted by Crippen LogP contribution is -2.14. The summed E-state index contributed by atoms with van der Waals surface area (Å²) in [5.41, 5.74) is 2.24. The van der Waals surface area contributed by atoms with Crippen LogP contribution in [0.4, 0.5) is 11.8 Å². The first-order chi connectivity index (χ1) is 15.0. The molecule has 0 aliphatic rings. The van der Waals surface area contributed by atoms with E-state index in [-0.39, 0.29) is 12.5 Å². The van der Waals surface area contributed by atoms with E-state index in [1.54, 1.807) is 6.20 Å². The molecular weight excluding hydrogens is 414 g/mol. The minimum atomic E-state index is 0.176. The van der Waals surface area contributed by atoms with Crippen molar-refractivity contribution >= 4 is 34.3 Å². The highest BCUT2D eigenvalue weighted by Crippen LogP contribution is 2.37. The predicted molar refractivity (Wildman–Crippen MR) is 127 cm³/mol. The van der Waals surface area contributed by atoms with Crippen molar-refractivity contribution in [2.75, 3.05) is 30.3 Å². The molecule has 1 unspecified atom stereocenters. The van der Waals surface area contributed by atoms with Crippen molar-refractivity contribution < 1.29 is 9.52 Å².